The van der Waals surface area contributed by atoms with E-state index in [2.05, 4.69) is 183 Å². The molecule has 7 aromatic carbocycles. The van der Waals surface area contributed by atoms with Gasteiger partial charge in [0, 0.05) is 21.5 Å². The van der Waals surface area contributed by atoms with Crippen LogP contribution in [0, 0.1) is 0 Å². The van der Waals surface area contributed by atoms with Crippen LogP contribution in [0.25, 0.3) is 82.6 Å². The highest BCUT2D eigenvalue weighted by molar-refractivity contribution is 6.24. The Kier molecular flexibility index (Phi) is 6.14. The molecule has 0 aliphatic heterocycles. The first-order valence-electron chi connectivity index (χ1n) is 16.5. The van der Waals surface area contributed by atoms with Crippen molar-refractivity contribution in [3.8, 4) is 44.5 Å². The molecule has 0 bridgehead atoms. The van der Waals surface area contributed by atoms with Crippen LogP contribution in [0.2, 0.25) is 0 Å². The first-order valence-corrected chi connectivity index (χ1v) is 16.5. The quantitative estimate of drug-likeness (QED) is 0.189. The Hall–Kier alpha value is -5.66. The number of hydrogen-bond donors (Lipinski definition) is 0. The topological polar surface area (TPSA) is 4.41 Å². The van der Waals surface area contributed by atoms with Crippen molar-refractivity contribution < 1.29 is 0 Å². The van der Waals surface area contributed by atoms with Gasteiger partial charge >= 0.3 is 0 Å². The van der Waals surface area contributed by atoms with Crippen molar-refractivity contribution in [2.75, 3.05) is 0 Å². The van der Waals surface area contributed by atoms with Crippen molar-refractivity contribution in [1.29, 1.82) is 0 Å². The molecule has 0 aliphatic rings. The summed E-state index contributed by atoms with van der Waals surface area (Å²) in [7, 11) is 0. The van der Waals surface area contributed by atoms with Gasteiger partial charge in [-0.25, -0.2) is 0 Å². The maximum absolute atomic E-state index is 2.47. The second kappa shape index (κ2) is 10.4. The predicted octanol–water partition coefficient (Wildman–Crippen LogP) is 12.8. The van der Waals surface area contributed by atoms with Gasteiger partial charge in [0.1, 0.15) is 0 Å². The number of rotatable bonds is 4. The Morgan fingerprint density at radius 2 is 0.787 bits per heavy atom. The predicted molar refractivity (Wildman–Crippen MR) is 202 cm³/mol. The zero-order valence-electron chi connectivity index (χ0n) is 27.0. The molecule has 0 spiro atoms. The molecule has 2 heterocycles. The van der Waals surface area contributed by atoms with E-state index < -0.39 is 0 Å². The van der Waals surface area contributed by atoms with Crippen LogP contribution >= 0.6 is 0 Å². The van der Waals surface area contributed by atoms with E-state index in [1.807, 2.05) is 0 Å². The average molecular weight is 602 g/mol. The fourth-order valence-corrected chi connectivity index (χ4v) is 7.35. The highest BCUT2D eigenvalue weighted by Crippen LogP contribution is 2.43. The van der Waals surface area contributed by atoms with Gasteiger partial charge in [0.2, 0.25) is 0 Å². The van der Waals surface area contributed by atoms with Gasteiger partial charge in [-0.3, -0.25) is 0 Å². The molecule has 0 N–H and O–H groups in total. The molecule has 0 unspecified atom stereocenters. The molecule has 9 aromatic rings. The van der Waals surface area contributed by atoms with E-state index in [1.54, 1.807) is 0 Å². The first-order chi connectivity index (χ1) is 22.9. The zero-order valence-corrected chi connectivity index (χ0v) is 27.0. The van der Waals surface area contributed by atoms with Crippen LogP contribution in [-0.4, -0.2) is 4.40 Å². The summed E-state index contributed by atoms with van der Waals surface area (Å²) >= 11 is 0. The smallest absolute Gasteiger partial charge is 0.0620 e. The lowest BCUT2D eigenvalue weighted by atomic mass is 9.85. The van der Waals surface area contributed by atoms with Crippen molar-refractivity contribution in [1.82, 2.24) is 4.40 Å². The molecular formula is C46H35N. The molecule has 0 atom stereocenters. The van der Waals surface area contributed by atoms with Gasteiger partial charge in [-0.15, -0.1) is 0 Å². The van der Waals surface area contributed by atoms with Crippen LogP contribution in [-0.2, 0) is 5.41 Å². The van der Waals surface area contributed by atoms with E-state index >= 15 is 0 Å². The standard InChI is InChI=1S/C46H35N/c1-46(2,3)38-28-41-39-17-7-8-18-43(39)47-44-24-23-37(27-40(44)42(29-38)45(41)47)36-16-10-15-35(26-36)34-14-9-13-33(25-34)32-21-19-31(20-22-32)30-11-5-4-6-12-30/h4-29H,1-3H3. The lowest BCUT2D eigenvalue weighted by Gasteiger charge is -2.19. The monoisotopic (exact) mass is 601 g/mol. The van der Waals surface area contributed by atoms with Crippen LogP contribution in [0.3, 0.4) is 0 Å². The van der Waals surface area contributed by atoms with Crippen molar-refractivity contribution in [2.24, 2.45) is 0 Å². The Morgan fingerprint density at radius 1 is 0.340 bits per heavy atom. The van der Waals surface area contributed by atoms with Gasteiger partial charge in [0.15, 0.2) is 0 Å². The van der Waals surface area contributed by atoms with E-state index in [0.717, 1.165) is 0 Å². The average Bonchev–Trinajstić information content (AvgIpc) is 3.63. The van der Waals surface area contributed by atoms with Gasteiger partial charge < -0.3 is 4.40 Å². The molecule has 0 amide bonds. The Morgan fingerprint density at radius 3 is 1.43 bits per heavy atom. The summed E-state index contributed by atoms with van der Waals surface area (Å²) < 4.78 is 2.47. The number of benzene rings is 7. The second-order valence-electron chi connectivity index (χ2n) is 13.9. The van der Waals surface area contributed by atoms with E-state index in [9.17, 15) is 0 Å². The summed E-state index contributed by atoms with van der Waals surface area (Å²) in [5.74, 6) is 0. The molecule has 2 aromatic heterocycles. The maximum Gasteiger partial charge on any atom is 0.0620 e. The minimum Gasteiger partial charge on any atom is -0.308 e. The Labute approximate surface area is 275 Å². The van der Waals surface area contributed by atoms with Crippen molar-refractivity contribution in [3.63, 3.8) is 0 Å². The van der Waals surface area contributed by atoms with Gasteiger partial charge in [0.25, 0.3) is 0 Å². The number of aromatic nitrogens is 1. The summed E-state index contributed by atoms with van der Waals surface area (Å²) in [6.07, 6.45) is 0. The number of hydrogen-bond acceptors (Lipinski definition) is 0. The third-order valence-corrected chi connectivity index (χ3v) is 9.88. The van der Waals surface area contributed by atoms with Crippen molar-refractivity contribution in [2.45, 2.75) is 26.2 Å². The van der Waals surface area contributed by atoms with Crippen LogP contribution in [0.15, 0.2) is 158 Å². The van der Waals surface area contributed by atoms with Crippen molar-refractivity contribution in [3.05, 3.63) is 163 Å². The highest BCUT2D eigenvalue weighted by Gasteiger charge is 2.22. The van der Waals surface area contributed by atoms with E-state index in [4.69, 9.17) is 0 Å². The third-order valence-electron chi connectivity index (χ3n) is 9.88. The minimum atomic E-state index is 0.0566. The van der Waals surface area contributed by atoms with E-state index in [0.29, 0.717) is 0 Å². The lowest BCUT2D eigenvalue weighted by Crippen LogP contribution is -2.10. The maximum atomic E-state index is 2.47. The van der Waals surface area contributed by atoms with E-state index in [-0.39, 0.29) is 5.41 Å². The fourth-order valence-electron chi connectivity index (χ4n) is 7.35. The molecule has 1 heteroatoms. The van der Waals surface area contributed by atoms with E-state index in [1.165, 1.54) is 88.2 Å². The molecule has 1 nitrogen and oxygen atoms in total. The summed E-state index contributed by atoms with van der Waals surface area (Å²) in [4.78, 5) is 0. The van der Waals surface area contributed by atoms with Gasteiger partial charge in [-0.05, 0) is 98.0 Å². The highest BCUT2D eigenvalue weighted by atomic mass is 14.9. The van der Waals surface area contributed by atoms with Gasteiger partial charge in [-0.1, -0.05) is 136 Å². The lowest BCUT2D eigenvalue weighted by molar-refractivity contribution is 0.592. The van der Waals surface area contributed by atoms with Crippen LogP contribution in [0.4, 0.5) is 0 Å². The Balaban J connectivity index is 1.13. The normalized spacial score (nSPS) is 12.1. The summed E-state index contributed by atoms with van der Waals surface area (Å²) in [6, 6.07) is 58.1. The summed E-state index contributed by atoms with van der Waals surface area (Å²) in [6.45, 7) is 6.94. The minimum absolute atomic E-state index is 0.0566. The van der Waals surface area contributed by atoms with Gasteiger partial charge in [-0.2, -0.15) is 0 Å². The molecule has 9 rings (SSSR count). The molecule has 47 heavy (non-hydrogen) atoms. The van der Waals surface area contributed by atoms with Crippen molar-refractivity contribution >= 4 is 38.1 Å². The summed E-state index contributed by atoms with van der Waals surface area (Å²) in [5.41, 5.74) is 15.1. The largest absolute Gasteiger partial charge is 0.308 e. The number of nitrogens with zero attached hydrogens (tertiary/aromatic N) is 1. The SMILES string of the molecule is CC(C)(C)c1cc2c3ccccc3n3c4ccc(-c5cccc(-c6cccc(-c7ccc(-c8ccccc8)cc7)c6)c5)cc4c(c1)c23. The first kappa shape index (κ1) is 27.6. The van der Waals surface area contributed by atoms with Crippen LogP contribution in [0.1, 0.15) is 26.3 Å². The molecule has 0 aliphatic carbocycles. The van der Waals surface area contributed by atoms with Crippen LogP contribution < -0.4 is 0 Å². The van der Waals surface area contributed by atoms with Gasteiger partial charge in [0.05, 0.1) is 16.6 Å². The van der Waals surface area contributed by atoms with Crippen LogP contribution in [0.5, 0.6) is 0 Å². The molecular weight excluding hydrogens is 567 g/mol. The molecule has 0 saturated carbocycles. The molecule has 0 radical (unpaired) electrons. The Bertz CT molecular complexity index is 2580. The molecule has 0 saturated heterocycles. The third kappa shape index (κ3) is 4.54. The summed E-state index contributed by atoms with van der Waals surface area (Å²) in [5, 5.41) is 5.32. The fraction of sp³-hybridized carbons (Fsp3) is 0.0870. The molecule has 224 valence electrons. The zero-order chi connectivity index (χ0) is 31.7. The number of para-hydroxylation sites is 1. The second-order valence-corrected chi connectivity index (χ2v) is 13.9. The molecule has 0 fully saturated rings. The number of fused-ring (bicyclic) bond motifs is 6.